The first kappa shape index (κ1) is 14.5. The second-order valence-electron chi connectivity index (χ2n) is 5.26. The molecule has 5 nitrogen and oxygen atoms in total. The second-order valence-corrected chi connectivity index (χ2v) is 5.26. The van der Waals surface area contributed by atoms with Crippen LogP contribution in [0.5, 0.6) is 0 Å². The van der Waals surface area contributed by atoms with Crippen molar-refractivity contribution in [2.24, 2.45) is 5.92 Å². The fourth-order valence-electron chi connectivity index (χ4n) is 2.17. The predicted octanol–water partition coefficient (Wildman–Crippen LogP) is 2.99. The zero-order valence-electron chi connectivity index (χ0n) is 12.7. The minimum atomic E-state index is 0.573. The zero-order valence-corrected chi connectivity index (χ0v) is 12.7. The highest BCUT2D eigenvalue weighted by molar-refractivity contribution is 5.53. The van der Waals surface area contributed by atoms with Crippen LogP contribution in [0.15, 0.2) is 18.6 Å². The van der Waals surface area contributed by atoms with Gasteiger partial charge in [-0.05, 0) is 26.2 Å². The molecule has 0 aromatic carbocycles. The first-order chi connectivity index (χ1) is 9.63. The minimum Gasteiger partial charge on any atom is -0.370 e. The van der Waals surface area contributed by atoms with Crippen LogP contribution in [0.25, 0.3) is 11.5 Å². The van der Waals surface area contributed by atoms with E-state index in [4.69, 9.17) is 4.98 Å². The Morgan fingerprint density at radius 2 is 2.05 bits per heavy atom. The molecular formula is C15H23N5. The molecule has 0 unspecified atom stereocenters. The highest BCUT2D eigenvalue weighted by atomic mass is 15.1. The normalized spacial score (nSPS) is 11.1. The molecule has 2 rings (SSSR count). The number of aryl methyl sites for hydroxylation is 1. The lowest BCUT2D eigenvalue weighted by atomic mass is 10.1. The molecule has 0 bridgehead atoms. The monoisotopic (exact) mass is 273 g/mol. The largest absolute Gasteiger partial charge is 0.370 e. The van der Waals surface area contributed by atoms with Crippen LogP contribution >= 0.6 is 0 Å². The summed E-state index contributed by atoms with van der Waals surface area (Å²) in [6.07, 6.45) is 4.60. The molecule has 20 heavy (non-hydrogen) atoms. The lowest BCUT2D eigenvalue weighted by molar-refractivity contribution is 0.634. The van der Waals surface area contributed by atoms with Gasteiger partial charge in [0.2, 0.25) is 0 Å². The summed E-state index contributed by atoms with van der Waals surface area (Å²) in [4.78, 5) is 13.5. The number of nitrogens with zero attached hydrogens (tertiary/aromatic N) is 4. The molecule has 0 atom stereocenters. The van der Waals surface area contributed by atoms with Crippen molar-refractivity contribution in [2.75, 3.05) is 11.9 Å². The van der Waals surface area contributed by atoms with Crippen LogP contribution in [0.2, 0.25) is 0 Å². The van der Waals surface area contributed by atoms with Crippen molar-refractivity contribution in [1.29, 1.82) is 0 Å². The van der Waals surface area contributed by atoms with E-state index in [2.05, 4.69) is 47.5 Å². The van der Waals surface area contributed by atoms with Gasteiger partial charge in [0.25, 0.3) is 0 Å². The summed E-state index contributed by atoms with van der Waals surface area (Å²) in [6.45, 7) is 10.3. The van der Waals surface area contributed by atoms with Crippen molar-refractivity contribution in [2.45, 2.75) is 40.7 Å². The fourth-order valence-corrected chi connectivity index (χ4v) is 2.17. The van der Waals surface area contributed by atoms with E-state index in [1.54, 1.807) is 0 Å². The molecule has 1 N–H and O–H groups in total. The SMILES string of the molecule is CCNc1cc(CC(C)C)nc(-c2cncn2CC)n1. The smallest absolute Gasteiger partial charge is 0.180 e. The summed E-state index contributed by atoms with van der Waals surface area (Å²) in [5.41, 5.74) is 2.04. The molecule has 0 saturated carbocycles. The molecule has 0 aliphatic carbocycles. The van der Waals surface area contributed by atoms with E-state index in [0.717, 1.165) is 42.5 Å². The molecule has 0 spiro atoms. The molecule has 0 aliphatic rings. The van der Waals surface area contributed by atoms with Crippen LogP contribution in [0.1, 0.15) is 33.4 Å². The number of imidazole rings is 1. The van der Waals surface area contributed by atoms with Crippen molar-refractivity contribution in [3.05, 3.63) is 24.3 Å². The van der Waals surface area contributed by atoms with Gasteiger partial charge in [-0.25, -0.2) is 15.0 Å². The maximum Gasteiger partial charge on any atom is 0.180 e. The van der Waals surface area contributed by atoms with Gasteiger partial charge >= 0.3 is 0 Å². The lowest BCUT2D eigenvalue weighted by Gasteiger charge is -2.11. The standard InChI is InChI=1S/C15H23N5/c1-5-17-14-8-12(7-11(3)4)18-15(19-14)13-9-16-10-20(13)6-2/h8-11H,5-7H2,1-4H3,(H,17,18,19). The lowest BCUT2D eigenvalue weighted by Crippen LogP contribution is -2.07. The number of anilines is 1. The van der Waals surface area contributed by atoms with Crippen LogP contribution in [0.4, 0.5) is 5.82 Å². The molecule has 0 aliphatic heterocycles. The number of aromatic nitrogens is 4. The van der Waals surface area contributed by atoms with Crippen LogP contribution in [0, 0.1) is 5.92 Å². The third-order valence-electron chi connectivity index (χ3n) is 3.04. The molecule has 0 fully saturated rings. The van der Waals surface area contributed by atoms with E-state index in [0.29, 0.717) is 5.92 Å². The summed E-state index contributed by atoms with van der Waals surface area (Å²) < 4.78 is 2.06. The Labute approximate surface area is 120 Å². The molecule has 0 radical (unpaired) electrons. The van der Waals surface area contributed by atoms with Crippen molar-refractivity contribution >= 4 is 5.82 Å². The summed E-state index contributed by atoms with van der Waals surface area (Å²) in [5, 5.41) is 3.28. The van der Waals surface area contributed by atoms with E-state index < -0.39 is 0 Å². The van der Waals surface area contributed by atoms with E-state index >= 15 is 0 Å². The van der Waals surface area contributed by atoms with Gasteiger partial charge in [0.15, 0.2) is 5.82 Å². The summed E-state index contributed by atoms with van der Waals surface area (Å²) >= 11 is 0. The van der Waals surface area contributed by atoms with Crippen LogP contribution in [-0.2, 0) is 13.0 Å². The van der Waals surface area contributed by atoms with Crippen molar-refractivity contribution in [1.82, 2.24) is 19.5 Å². The minimum absolute atomic E-state index is 0.573. The third kappa shape index (κ3) is 3.35. The van der Waals surface area contributed by atoms with Gasteiger partial charge in [0.05, 0.1) is 12.5 Å². The molecule has 0 amide bonds. The predicted molar refractivity (Wildman–Crippen MR) is 81.6 cm³/mol. The first-order valence-corrected chi connectivity index (χ1v) is 7.26. The van der Waals surface area contributed by atoms with E-state index in [9.17, 15) is 0 Å². The van der Waals surface area contributed by atoms with Crippen LogP contribution in [0.3, 0.4) is 0 Å². The summed E-state index contributed by atoms with van der Waals surface area (Å²) in [5.74, 6) is 2.21. The molecule has 2 aromatic heterocycles. The van der Waals surface area contributed by atoms with E-state index in [-0.39, 0.29) is 0 Å². The van der Waals surface area contributed by atoms with Gasteiger partial charge in [-0.1, -0.05) is 13.8 Å². The number of nitrogens with one attached hydrogen (secondary N) is 1. The topological polar surface area (TPSA) is 55.6 Å². The fraction of sp³-hybridized carbons (Fsp3) is 0.533. The van der Waals surface area contributed by atoms with Crippen molar-refractivity contribution < 1.29 is 0 Å². The average Bonchev–Trinajstić information content (AvgIpc) is 2.86. The van der Waals surface area contributed by atoms with E-state index in [1.165, 1.54) is 0 Å². The van der Waals surface area contributed by atoms with Crippen molar-refractivity contribution in [3.63, 3.8) is 0 Å². The van der Waals surface area contributed by atoms with Gasteiger partial charge in [0, 0.05) is 24.8 Å². The Balaban J connectivity index is 2.43. The third-order valence-corrected chi connectivity index (χ3v) is 3.04. The van der Waals surface area contributed by atoms with Crippen LogP contribution in [-0.4, -0.2) is 26.1 Å². The molecule has 108 valence electrons. The molecule has 5 heteroatoms. The summed E-state index contributed by atoms with van der Waals surface area (Å²) in [6, 6.07) is 2.04. The Kier molecular flexibility index (Phi) is 4.71. The van der Waals surface area contributed by atoms with Gasteiger partial charge in [-0.2, -0.15) is 0 Å². The molecular weight excluding hydrogens is 250 g/mol. The molecule has 2 aromatic rings. The quantitative estimate of drug-likeness (QED) is 0.879. The second kappa shape index (κ2) is 6.50. The van der Waals surface area contributed by atoms with Crippen LogP contribution < -0.4 is 5.32 Å². The Bertz CT molecular complexity index is 559. The Morgan fingerprint density at radius 3 is 2.70 bits per heavy atom. The first-order valence-electron chi connectivity index (χ1n) is 7.26. The Hall–Kier alpha value is -1.91. The highest BCUT2D eigenvalue weighted by Crippen LogP contribution is 2.19. The van der Waals surface area contributed by atoms with E-state index in [1.807, 2.05) is 18.6 Å². The van der Waals surface area contributed by atoms with Crippen molar-refractivity contribution in [3.8, 4) is 11.5 Å². The number of hydrogen-bond acceptors (Lipinski definition) is 4. The van der Waals surface area contributed by atoms with Gasteiger partial charge < -0.3 is 9.88 Å². The maximum absolute atomic E-state index is 4.69. The zero-order chi connectivity index (χ0) is 14.5. The summed E-state index contributed by atoms with van der Waals surface area (Å²) in [7, 11) is 0. The number of hydrogen-bond donors (Lipinski definition) is 1. The van der Waals surface area contributed by atoms with Gasteiger partial charge in [0.1, 0.15) is 11.5 Å². The molecule has 2 heterocycles. The Morgan fingerprint density at radius 1 is 1.25 bits per heavy atom. The number of rotatable bonds is 6. The average molecular weight is 273 g/mol. The molecule has 0 saturated heterocycles. The van der Waals surface area contributed by atoms with Gasteiger partial charge in [-0.15, -0.1) is 0 Å². The maximum atomic E-state index is 4.69. The van der Waals surface area contributed by atoms with Gasteiger partial charge in [-0.3, -0.25) is 0 Å². The highest BCUT2D eigenvalue weighted by Gasteiger charge is 2.11.